The molecule has 1 heterocycles. The van der Waals surface area contributed by atoms with Crippen molar-refractivity contribution in [2.45, 2.75) is 45.1 Å². The van der Waals surface area contributed by atoms with E-state index in [2.05, 4.69) is 11.9 Å². The molecule has 2 rings (SSSR count). The van der Waals surface area contributed by atoms with Gasteiger partial charge >= 0.3 is 5.69 Å². The average molecular weight is 298 g/mol. The summed E-state index contributed by atoms with van der Waals surface area (Å²) >= 11 is 5.89. The van der Waals surface area contributed by atoms with Crippen LogP contribution in [0.4, 0.5) is 11.5 Å². The highest BCUT2D eigenvalue weighted by Crippen LogP contribution is 2.34. The second kappa shape index (κ2) is 6.39. The lowest BCUT2D eigenvalue weighted by molar-refractivity contribution is -0.384. The predicted molar refractivity (Wildman–Crippen MR) is 80.3 cm³/mol. The SMILES string of the molecule is CCC1CCC(N(C)c2nc(Cl)ccc2[N+](=O)[O-])CC1. The average Bonchev–Trinajstić information content (AvgIpc) is 2.46. The first kappa shape index (κ1) is 15.0. The van der Waals surface area contributed by atoms with Crippen molar-refractivity contribution in [3.05, 3.63) is 27.4 Å². The standard InChI is InChI=1S/C14H20ClN3O2/c1-3-10-4-6-11(7-5-10)17(2)14-12(18(19)20)8-9-13(15)16-14/h8-11H,3-7H2,1-2H3. The van der Waals surface area contributed by atoms with Crippen molar-refractivity contribution < 1.29 is 4.92 Å². The van der Waals surface area contributed by atoms with Gasteiger partial charge in [-0.15, -0.1) is 0 Å². The molecule has 0 aliphatic heterocycles. The van der Waals surface area contributed by atoms with Crippen molar-refractivity contribution in [1.29, 1.82) is 0 Å². The second-order valence-electron chi connectivity index (χ2n) is 5.43. The summed E-state index contributed by atoms with van der Waals surface area (Å²) in [5, 5.41) is 11.4. The maximum atomic E-state index is 11.1. The maximum Gasteiger partial charge on any atom is 0.311 e. The van der Waals surface area contributed by atoms with E-state index in [0.717, 1.165) is 18.8 Å². The number of hydrogen-bond acceptors (Lipinski definition) is 4. The minimum absolute atomic E-state index is 0.0227. The van der Waals surface area contributed by atoms with E-state index in [-0.39, 0.29) is 5.69 Å². The fraction of sp³-hybridized carbons (Fsp3) is 0.643. The van der Waals surface area contributed by atoms with Gasteiger partial charge in [0.1, 0.15) is 5.15 Å². The highest BCUT2D eigenvalue weighted by atomic mass is 35.5. The van der Waals surface area contributed by atoms with E-state index in [1.54, 1.807) is 0 Å². The smallest absolute Gasteiger partial charge is 0.311 e. The van der Waals surface area contributed by atoms with Gasteiger partial charge in [-0.2, -0.15) is 0 Å². The first-order valence-corrected chi connectivity index (χ1v) is 7.44. The van der Waals surface area contributed by atoms with E-state index in [4.69, 9.17) is 11.6 Å². The van der Waals surface area contributed by atoms with Crippen molar-refractivity contribution in [1.82, 2.24) is 4.98 Å². The number of anilines is 1. The van der Waals surface area contributed by atoms with E-state index in [0.29, 0.717) is 17.0 Å². The van der Waals surface area contributed by atoms with Crippen LogP contribution in [-0.2, 0) is 0 Å². The van der Waals surface area contributed by atoms with Gasteiger partial charge in [-0.25, -0.2) is 4.98 Å². The summed E-state index contributed by atoms with van der Waals surface area (Å²) in [5.74, 6) is 1.17. The Balaban J connectivity index is 2.18. The molecule has 110 valence electrons. The molecule has 0 atom stereocenters. The maximum absolute atomic E-state index is 11.1. The van der Waals surface area contributed by atoms with Crippen LogP contribution in [0.2, 0.25) is 5.15 Å². The molecule has 0 spiro atoms. The molecule has 6 heteroatoms. The van der Waals surface area contributed by atoms with Crippen molar-refractivity contribution in [3.8, 4) is 0 Å². The van der Waals surface area contributed by atoms with Crippen LogP contribution in [0.1, 0.15) is 39.0 Å². The number of pyridine rings is 1. The molecular formula is C14H20ClN3O2. The van der Waals surface area contributed by atoms with Gasteiger partial charge in [0, 0.05) is 19.2 Å². The highest BCUT2D eigenvalue weighted by molar-refractivity contribution is 6.29. The number of rotatable bonds is 4. The minimum atomic E-state index is -0.396. The van der Waals surface area contributed by atoms with E-state index in [1.807, 2.05) is 11.9 Å². The Labute approximate surface area is 124 Å². The molecule has 1 aliphatic carbocycles. The summed E-state index contributed by atoms with van der Waals surface area (Å²) in [6.45, 7) is 2.22. The summed E-state index contributed by atoms with van der Waals surface area (Å²) in [7, 11) is 1.88. The topological polar surface area (TPSA) is 59.3 Å². The third-order valence-corrected chi connectivity index (χ3v) is 4.50. The predicted octanol–water partition coefficient (Wildman–Crippen LogP) is 4.05. The summed E-state index contributed by atoms with van der Waals surface area (Å²) in [6.07, 6.45) is 5.69. The monoisotopic (exact) mass is 297 g/mol. The number of nitro groups is 1. The number of hydrogen-bond donors (Lipinski definition) is 0. The van der Waals surface area contributed by atoms with Crippen LogP contribution in [0, 0.1) is 16.0 Å². The van der Waals surface area contributed by atoms with E-state index < -0.39 is 4.92 Å². The van der Waals surface area contributed by atoms with E-state index in [1.165, 1.54) is 31.4 Å². The Hall–Kier alpha value is -1.36. The van der Waals surface area contributed by atoms with Gasteiger partial charge in [0.05, 0.1) is 4.92 Å². The van der Waals surface area contributed by atoms with Gasteiger partial charge in [0.25, 0.3) is 0 Å². The molecule has 20 heavy (non-hydrogen) atoms. The normalized spacial score (nSPS) is 22.6. The number of nitrogens with zero attached hydrogens (tertiary/aromatic N) is 3. The van der Waals surface area contributed by atoms with Crippen molar-refractivity contribution in [2.24, 2.45) is 5.92 Å². The Bertz CT molecular complexity index is 487. The minimum Gasteiger partial charge on any atom is -0.351 e. The summed E-state index contributed by atoms with van der Waals surface area (Å²) in [5.41, 5.74) is 0.0227. The molecule has 0 saturated heterocycles. The molecule has 1 aromatic rings. The van der Waals surface area contributed by atoms with Crippen LogP contribution in [-0.4, -0.2) is 23.0 Å². The second-order valence-corrected chi connectivity index (χ2v) is 5.81. The third kappa shape index (κ3) is 3.20. The summed E-state index contributed by atoms with van der Waals surface area (Å²) in [6, 6.07) is 3.20. The third-order valence-electron chi connectivity index (χ3n) is 4.29. The van der Waals surface area contributed by atoms with Gasteiger partial charge in [0.15, 0.2) is 0 Å². The Morgan fingerprint density at radius 2 is 2.05 bits per heavy atom. The summed E-state index contributed by atoms with van der Waals surface area (Å²) in [4.78, 5) is 16.8. The van der Waals surface area contributed by atoms with Gasteiger partial charge in [-0.1, -0.05) is 24.9 Å². The quantitative estimate of drug-likeness (QED) is 0.478. The van der Waals surface area contributed by atoms with Crippen molar-refractivity contribution >= 4 is 23.1 Å². The molecule has 0 unspecified atom stereocenters. The first-order valence-electron chi connectivity index (χ1n) is 7.06. The van der Waals surface area contributed by atoms with Crippen LogP contribution in [0.25, 0.3) is 0 Å². The fourth-order valence-electron chi connectivity index (χ4n) is 2.93. The van der Waals surface area contributed by atoms with Crippen molar-refractivity contribution in [3.63, 3.8) is 0 Å². The van der Waals surface area contributed by atoms with Crippen molar-refractivity contribution in [2.75, 3.05) is 11.9 Å². The Morgan fingerprint density at radius 3 is 2.60 bits per heavy atom. The van der Waals surface area contributed by atoms with Crippen LogP contribution in [0.15, 0.2) is 12.1 Å². The van der Waals surface area contributed by atoms with Crippen LogP contribution in [0.3, 0.4) is 0 Å². The molecule has 1 aliphatic rings. The van der Waals surface area contributed by atoms with Crippen LogP contribution >= 0.6 is 11.6 Å². The van der Waals surface area contributed by atoms with Crippen LogP contribution < -0.4 is 4.90 Å². The largest absolute Gasteiger partial charge is 0.351 e. The zero-order valence-corrected chi connectivity index (χ0v) is 12.6. The molecule has 0 aromatic carbocycles. The highest BCUT2D eigenvalue weighted by Gasteiger charge is 2.28. The molecule has 0 radical (unpaired) electrons. The molecule has 0 amide bonds. The Kier molecular flexibility index (Phi) is 4.81. The summed E-state index contributed by atoms with van der Waals surface area (Å²) < 4.78 is 0. The lowest BCUT2D eigenvalue weighted by Gasteiger charge is -2.34. The van der Waals surface area contributed by atoms with Gasteiger partial charge in [0.2, 0.25) is 5.82 Å². The molecule has 1 saturated carbocycles. The molecule has 1 aromatic heterocycles. The van der Waals surface area contributed by atoms with Gasteiger partial charge < -0.3 is 4.90 Å². The van der Waals surface area contributed by atoms with Crippen LogP contribution in [0.5, 0.6) is 0 Å². The Morgan fingerprint density at radius 1 is 1.40 bits per heavy atom. The fourth-order valence-corrected chi connectivity index (χ4v) is 3.08. The van der Waals surface area contributed by atoms with E-state index >= 15 is 0 Å². The van der Waals surface area contributed by atoms with E-state index in [9.17, 15) is 10.1 Å². The molecule has 5 nitrogen and oxygen atoms in total. The van der Waals surface area contributed by atoms with Gasteiger partial charge in [-0.3, -0.25) is 10.1 Å². The molecule has 0 bridgehead atoms. The lowest BCUT2D eigenvalue weighted by atomic mass is 9.84. The first-order chi connectivity index (χ1) is 9.52. The zero-order chi connectivity index (χ0) is 14.7. The molecular weight excluding hydrogens is 278 g/mol. The zero-order valence-electron chi connectivity index (χ0n) is 11.9. The van der Waals surface area contributed by atoms with Gasteiger partial charge in [-0.05, 0) is 37.7 Å². The number of aromatic nitrogens is 1. The lowest BCUT2D eigenvalue weighted by Crippen LogP contribution is -2.36. The molecule has 0 N–H and O–H groups in total. The molecule has 1 fully saturated rings. The number of halogens is 1.